The van der Waals surface area contributed by atoms with Gasteiger partial charge in [0.1, 0.15) is 11.4 Å². The zero-order chi connectivity index (χ0) is 12.6. The van der Waals surface area contributed by atoms with Crippen molar-refractivity contribution in [3.63, 3.8) is 0 Å². The molecule has 17 heavy (non-hydrogen) atoms. The molecule has 4 heteroatoms. The SMILES string of the molecule is CCCC(=N)C1(O)CCc2c1ccc(Br)c2F. The highest BCUT2D eigenvalue weighted by Crippen LogP contribution is 2.41. The Hall–Kier alpha value is -0.740. The van der Waals surface area contributed by atoms with Gasteiger partial charge in [0.15, 0.2) is 0 Å². The summed E-state index contributed by atoms with van der Waals surface area (Å²) in [5, 5.41) is 18.5. The first kappa shape index (κ1) is 12.7. The summed E-state index contributed by atoms with van der Waals surface area (Å²) in [6.45, 7) is 1.97. The molecule has 1 aliphatic rings. The van der Waals surface area contributed by atoms with Gasteiger partial charge in [-0.15, -0.1) is 0 Å². The van der Waals surface area contributed by atoms with Gasteiger partial charge in [0, 0.05) is 5.71 Å². The van der Waals surface area contributed by atoms with E-state index in [0.717, 1.165) is 6.42 Å². The Balaban J connectivity index is 2.47. The van der Waals surface area contributed by atoms with Crippen molar-refractivity contribution in [2.75, 3.05) is 0 Å². The molecular formula is C13H15BrFNO. The van der Waals surface area contributed by atoms with Crippen LogP contribution in [0.25, 0.3) is 0 Å². The lowest BCUT2D eigenvalue weighted by Gasteiger charge is -2.25. The Morgan fingerprint density at radius 2 is 2.29 bits per heavy atom. The van der Waals surface area contributed by atoms with Crippen LogP contribution < -0.4 is 0 Å². The molecule has 2 nitrogen and oxygen atoms in total. The average Bonchev–Trinajstić information content (AvgIpc) is 2.64. The first-order valence-corrected chi connectivity index (χ1v) is 6.57. The van der Waals surface area contributed by atoms with Gasteiger partial charge in [0.2, 0.25) is 0 Å². The lowest BCUT2D eigenvalue weighted by Crippen LogP contribution is -2.32. The smallest absolute Gasteiger partial charge is 0.140 e. The van der Waals surface area contributed by atoms with Crippen LogP contribution in [-0.4, -0.2) is 10.8 Å². The fraction of sp³-hybridized carbons (Fsp3) is 0.462. The molecule has 0 amide bonds. The van der Waals surface area contributed by atoms with Crippen molar-refractivity contribution in [3.8, 4) is 0 Å². The number of hydrogen-bond donors (Lipinski definition) is 2. The van der Waals surface area contributed by atoms with Crippen LogP contribution in [0.3, 0.4) is 0 Å². The molecular weight excluding hydrogens is 285 g/mol. The predicted molar refractivity (Wildman–Crippen MR) is 69.0 cm³/mol. The topological polar surface area (TPSA) is 44.1 Å². The summed E-state index contributed by atoms with van der Waals surface area (Å²) >= 11 is 3.14. The number of benzene rings is 1. The fourth-order valence-corrected chi connectivity index (χ4v) is 2.81. The van der Waals surface area contributed by atoms with Crippen LogP contribution >= 0.6 is 15.9 Å². The minimum atomic E-state index is -1.26. The molecule has 1 unspecified atom stereocenters. The number of rotatable bonds is 3. The third-order valence-corrected chi connectivity index (χ3v) is 3.99. The Labute approximate surface area is 108 Å². The molecule has 0 saturated carbocycles. The van der Waals surface area contributed by atoms with Crippen LogP contribution in [0.5, 0.6) is 0 Å². The van der Waals surface area contributed by atoms with E-state index in [1.54, 1.807) is 12.1 Å². The van der Waals surface area contributed by atoms with Crippen molar-refractivity contribution in [3.05, 3.63) is 33.5 Å². The normalized spacial score (nSPS) is 22.6. The van der Waals surface area contributed by atoms with Gasteiger partial charge >= 0.3 is 0 Å². The second kappa shape index (κ2) is 4.50. The standard InChI is InChI=1S/C13H15BrFNO/c1-2-3-11(16)13(17)7-6-8-9(13)4-5-10(14)12(8)15/h4-5,16-17H,2-3,6-7H2,1H3. The van der Waals surface area contributed by atoms with E-state index >= 15 is 0 Å². The molecule has 0 aliphatic heterocycles. The van der Waals surface area contributed by atoms with E-state index in [9.17, 15) is 9.50 Å². The van der Waals surface area contributed by atoms with Gasteiger partial charge in [0.05, 0.1) is 4.47 Å². The van der Waals surface area contributed by atoms with Crippen LogP contribution in [0.1, 0.15) is 37.3 Å². The van der Waals surface area contributed by atoms with Gasteiger partial charge in [0.25, 0.3) is 0 Å². The molecule has 0 heterocycles. The zero-order valence-electron chi connectivity index (χ0n) is 9.69. The molecule has 1 aromatic rings. The zero-order valence-corrected chi connectivity index (χ0v) is 11.3. The lowest BCUT2D eigenvalue weighted by molar-refractivity contribution is 0.110. The monoisotopic (exact) mass is 299 g/mol. The number of fused-ring (bicyclic) bond motifs is 1. The van der Waals surface area contributed by atoms with Gasteiger partial charge in [-0.1, -0.05) is 19.4 Å². The van der Waals surface area contributed by atoms with E-state index < -0.39 is 5.60 Å². The van der Waals surface area contributed by atoms with Crippen molar-refractivity contribution < 1.29 is 9.50 Å². The van der Waals surface area contributed by atoms with Crippen LogP contribution in [0.4, 0.5) is 4.39 Å². The highest BCUT2D eigenvalue weighted by molar-refractivity contribution is 9.10. The first-order chi connectivity index (χ1) is 8.00. The van der Waals surface area contributed by atoms with Gasteiger partial charge in [-0.3, -0.25) is 0 Å². The summed E-state index contributed by atoms with van der Waals surface area (Å²) in [6, 6.07) is 3.32. The Morgan fingerprint density at radius 1 is 1.59 bits per heavy atom. The number of nitrogens with one attached hydrogen (secondary N) is 1. The van der Waals surface area contributed by atoms with Crippen molar-refractivity contribution in [1.29, 1.82) is 5.41 Å². The summed E-state index contributed by atoms with van der Waals surface area (Å²) in [4.78, 5) is 0. The Bertz CT molecular complexity index is 475. The summed E-state index contributed by atoms with van der Waals surface area (Å²) in [7, 11) is 0. The highest BCUT2D eigenvalue weighted by Gasteiger charge is 2.41. The summed E-state index contributed by atoms with van der Waals surface area (Å²) in [5.41, 5.74) is 0.146. The minimum Gasteiger partial charge on any atom is -0.379 e. The average molecular weight is 300 g/mol. The van der Waals surface area contributed by atoms with Crippen LogP contribution in [0.15, 0.2) is 16.6 Å². The minimum absolute atomic E-state index is 0.292. The predicted octanol–water partition coefficient (Wildman–Crippen LogP) is 3.54. The maximum Gasteiger partial charge on any atom is 0.140 e. The second-order valence-electron chi connectivity index (χ2n) is 4.48. The molecule has 2 rings (SSSR count). The lowest BCUT2D eigenvalue weighted by atomic mass is 9.88. The quantitative estimate of drug-likeness (QED) is 0.824. The molecule has 0 aromatic heterocycles. The van der Waals surface area contributed by atoms with E-state index in [0.29, 0.717) is 40.6 Å². The molecule has 0 spiro atoms. The molecule has 0 radical (unpaired) electrons. The molecule has 1 aliphatic carbocycles. The van der Waals surface area contributed by atoms with Crippen molar-refractivity contribution in [1.82, 2.24) is 0 Å². The van der Waals surface area contributed by atoms with Crippen LogP contribution in [0.2, 0.25) is 0 Å². The molecule has 2 N–H and O–H groups in total. The van der Waals surface area contributed by atoms with Crippen molar-refractivity contribution in [2.24, 2.45) is 0 Å². The first-order valence-electron chi connectivity index (χ1n) is 5.78. The third kappa shape index (κ3) is 1.93. The molecule has 1 aromatic carbocycles. The van der Waals surface area contributed by atoms with Crippen LogP contribution in [0, 0.1) is 11.2 Å². The van der Waals surface area contributed by atoms with Crippen molar-refractivity contribution >= 4 is 21.6 Å². The molecule has 1 atom stereocenters. The second-order valence-corrected chi connectivity index (χ2v) is 5.33. The summed E-state index contributed by atoms with van der Waals surface area (Å²) < 4.78 is 14.3. The fourth-order valence-electron chi connectivity index (χ4n) is 2.44. The van der Waals surface area contributed by atoms with E-state index in [1.807, 2.05) is 6.92 Å². The van der Waals surface area contributed by atoms with Crippen molar-refractivity contribution in [2.45, 2.75) is 38.2 Å². The van der Waals surface area contributed by atoms with Gasteiger partial charge in [-0.25, -0.2) is 4.39 Å². The largest absolute Gasteiger partial charge is 0.379 e. The maximum atomic E-state index is 13.9. The third-order valence-electron chi connectivity index (χ3n) is 3.38. The summed E-state index contributed by atoms with van der Waals surface area (Å²) in [5.74, 6) is -0.303. The van der Waals surface area contributed by atoms with E-state index in [4.69, 9.17) is 5.41 Å². The molecule has 0 saturated heterocycles. The van der Waals surface area contributed by atoms with E-state index in [2.05, 4.69) is 15.9 Å². The molecule has 0 fully saturated rings. The number of aliphatic hydroxyl groups is 1. The molecule has 92 valence electrons. The molecule has 0 bridgehead atoms. The van der Waals surface area contributed by atoms with Gasteiger partial charge in [-0.05, 0) is 52.4 Å². The highest BCUT2D eigenvalue weighted by atomic mass is 79.9. The number of halogens is 2. The summed E-state index contributed by atoms with van der Waals surface area (Å²) in [6.07, 6.45) is 2.26. The van der Waals surface area contributed by atoms with Gasteiger partial charge in [-0.2, -0.15) is 0 Å². The van der Waals surface area contributed by atoms with Crippen LogP contribution in [-0.2, 0) is 12.0 Å². The van der Waals surface area contributed by atoms with E-state index in [1.165, 1.54) is 0 Å². The Morgan fingerprint density at radius 3 is 2.94 bits per heavy atom. The van der Waals surface area contributed by atoms with Gasteiger partial charge < -0.3 is 10.5 Å². The van der Waals surface area contributed by atoms with E-state index in [-0.39, 0.29) is 5.82 Å². The Kier molecular flexibility index (Phi) is 3.36. The maximum absolute atomic E-state index is 13.9. The number of hydrogen-bond acceptors (Lipinski definition) is 2.